The molecule has 6 nitrogen and oxygen atoms in total. The number of carbonyl (C=O) groups excluding carboxylic acids is 1. The number of urea groups is 1. The Bertz CT molecular complexity index is 471. The fourth-order valence-corrected chi connectivity index (χ4v) is 1.74. The predicted octanol–water partition coefficient (Wildman–Crippen LogP) is 1.45. The van der Waals surface area contributed by atoms with Gasteiger partial charge < -0.3 is 20.8 Å². The Morgan fingerprint density at radius 2 is 1.76 bits per heavy atom. The van der Waals surface area contributed by atoms with Crippen LogP contribution in [0.1, 0.15) is 29.8 Å². The van der Waals surface area contributed by atoms with Gasteiger partial charge in [-0.15, -0.1) is 0 Å². The lowest BCUT2D eigenvalue weighted by Gasteiger charge is -2.18. The summed E-state index contributed by atoms with van der Waals surface area (Å²) in [6.07, 6.45) is 0. The third kappa shape index (κ3) is 5.83. The lowest BCUT2D eigenvalue weighted by atomic mass is 9.97. The van der Waals surface area contributed by atoms with Crippen molar-refractivity contribution in [1.82, 2.24) is 10.6 Å². The van der Waals surface area contributed by atoms with Gasteiger partial charge in [0.05, 0.1) is 5.56 Å². The predicted molar refractivity (Wildman–Crippen MR) is 79.1 cm³/mol. The highest BCUT2D eigenvalue weighted by molar-refractivity contribution is 5.87. The maximum Gasteiger partial charge on any atom is 0.335 e. The topological polar surface area (TPSA) is 98.7 Å². The highest BCUT2D eigenvalue weighted by atomic mass is 16.4. The van der Waals surface area contributed by atoms with E-state index >= 15 is 0 Å². The van der Waals surface area contributed by atoms with Crippen molar-refractivity contribution in [3.8, 4) is 0 Å². The highest BCUT2D eigenvalue weighted by Gasteiger charge is 2.13. The van der Waals surface area contributed by atoms with Crippen molar-refractivity contribution in [2.45, 2.75) is 20.4 Å². The number of carboxylic acid groups (broad SMARTS) is 1. The van der Waals surface area contributed by atoms with Crippen molar-refractivity contribution in [1.29, 1.82) is 0 Å². The Hall–Kier alpha value is -2.08. The van der Waals surface area contributed by atoms with E-state index in [0.717, 1.165) is 5.56 Å². The van der Waals surface area contributed by atoms with Crippen molar-refractivity contribution in [3.05, 3.63) is 35.4 Å². The molecule has 0 aliphatic heterocycles. The molecule has 0 saturated carbocycles. The van der Waals surface area contributed by atoms with E-state index in [1.807, 2.05) is 13.8 Å². The number of aliphatic hydroxyl groups excluding tert-OH is 1. The van der Waals surface area contributed by atoms with Gasteiger partial charge in [0.25, 0.3) is 0 Å². The van der Waals surface area contributed by atoms with Crippen molar-refractivity contribution in [2.75, 3.05) is 13.2 Å². The van der Waals surface area contributed by atoms with Gasteiger partial charge in [-0.2, -0.15) is 0 Å². The van der Waals surface area contributed by atoms with Crippen LogP contribution in [0.5, 0.6) is 0 Å². The molecule has 0 radical (unpaired) electrons. The second-order valence-electron chi connectivity index (χ2n) is 5.25. The van der Waals surface area contributed by atoms with E-state index in [2.05, 4.69) is 10.6 Å². The number of aromatic carboxylic acids is 1. The molecular weight excluding hydrogens is 272 g/mol. The first-order chi connectivity index (χ1) is 9.93. The lowest BCUT2D eigenvalue weighted by molar-refractivity contribution is 0.0697. The zero-order valence-corrected chi connectivity index (χ0v) is 12.3. The zero-order chi connectivity index (χ0) is 15.8. The first-order valence-corrected chi connectivity index (χ1v) is 6.88. The molecule has 21 heavy (non-hydrogen) atoms. The van der Waals surface area contributed by atoms with Gasteiger partial charge in [-0.25, -0.2) is 9.59 Å². The van der Waals surface area contributed by atoms with E-state index < -0.39 is 5.97 Å². The van der Waals surface area contributed by atoms with Crippen molar-refractivity contribution in [2.24, 2.45) is 11.8 Å². The smallest absolute Gasteiger partial charge is 0.335 e. The summed E-state index contributed by atoms with van der Waals surface area (Å²) in [5, 5.41) is 23.3. The molecule has 0 fully saturated rings. The van der Waals surface area contributed by atoms with Gasteiger partial charge >= 0.3 is 12.0 Å². The van der Waals surface area contributed by atoms with E-state index in [-0.39, 0.29) is 24.1 Å². The second-order valence-corrected chi connectivity index (χ2v) is 5.25. The van der Waals surface area contributed by atoms with Gasteiger partial charge in [0.15, 0.2) is 0 Å². The quantitative estimate of drug-likeness (QED) is 0.611. The molecule has 1 rings (SSSR count). The van der Waals surface area contributed by atoms with Crippen LogP contribution in [-0.2, 0) is 6.54 Å². The monoisotopic (exact) mass is 294 g/mol. The number of amides is 2. The van der Waals surface area contributed by atoms with Gasteiger partial charge in [-0.05, 0) is 23.6 Å². The van der Waals surface area contributed by atoms with Crippen LogP contribution in [0.15, 0.2) is 24.3 Å². The maximum atomic E-state index is 11.6. The van der Waals surface area contributed by atoms with Crippen LogP contribution in [0.3, 0.4) is 0 Å². The minimum atomic E-state index is -0.976. The molecule has 0 bridgehead atoms. The molecular formula is C15H22N2O4. The number of aliphatic hydroxyl groups is 1. The lowest BCUT2D eigenvalue weighted by Crippen LogP contribution is -2.39. The van der Waals surface area contributed by atoms with E-state index in [1.54, 1.807) is 12.1 Å². The van der Waals surface area contributed by atoms with Crippen LogP contribution in [0.4, 0.5) is 4.79 Å². The van der Waals surface area contributed by atoms with Gasteiger partial charge in [0.1, 0.15) is 0 Å². The summed E-state index contributed by atoms with van der Waals surface area (Å²) in [6.45, 7) is 4.75. The average Bonchev–Trinajstić information content (AvgIpc) is 2.45. The molecule has 1 aromatic rings. The molecule has 0 aliphatic carbocycles. The fourth-order valence-electron chi connectivity index (χ4n) is 1.74. The molecule has 1 atom stereocenters. The van der Waals surface area contributed by atoms with Gasteiger partial charge in [-0.1, -0.05) is 26.0 Å². The summed E-state index contributed by atoms with van der Waals surface area (Å²) in [5.74, 6) is -0.652. The molecule has 4 N–H and O–H groups in total. The molecule has 116 valence electrons. The van der Waals surface area contributed by atoms with Crippen molar-refractivity contribution < 1.29 is 19.8 Å². The first-order valence-electron chi connectivity index (χ1n) is 6.88. The van der Waals surface area contributed by atoms with Crippen LogP contribution >= 0.6 is 0 Å². The molecule has 6 heteroatoms. The third-order valence-corrected chi connectivity index (χ3v) is 3.36. The molecule has 0 aromatic heterocycles. The van der Waals surface area contributed by atoms with E-state index in [4.69, 9.17) is 10.2 Å². The van der Waals surface area contributed by atoms with E-state index in [9.17, 15) is 9.59 Å². The Morgan fingerprint density at radius 1 is 1.14 bits per heavy atom. The molecule has 1 aromatic carbocycles. The zero-order valence-electron chi connectivity index (χ0n) is 12.3. The number of carbonyl (C=O) groups is 2. The van der Waals surface area contributed by atoms with E-state index in [1.165, 1.54) is 12.1 Å². The summed E-state index contributed by atoms with van der Waals surface area (Å²) < 4.78 is 0. The van der Waals surface area contributed by atoms with Crippen molar-refractivity contribution in [3.63, 3.8) is 0 Å². The first kappa shape index (κ1) is 17.0. The molecule has 2 amide bonds. The highest BCUT2D eigenvalue weighted by Crippen LogP contribution is 2.08. The van der Waals surface area contributed by atoms with Crippen LogP contribution in [0.25, 0.3) is 0 Å². The largest absolute Gasteiger partial charge is 0.478 e. The Labute approximate surface area is 124 Å². The Morgan fingerprint density at radius 3 is 2.24 bits per heavy atom. The van der Waals surface area contributed by atoms with Crippen LogP contribution in [0, 0.1) is 11.8 Å². The molecule has 1 unspecified atom stereocenters. The average molecular weight is 294 g/mol. The number of rotatable bonds is 7. The minimum absolute atomic E-state index is 0.0330. The maximum absolute atomic E-state index is 11.6. The molecule has 0 heterocycles. The molecule has 0 saturated heterocycles. The van der Waals surface area contributed by atoms with E-state index in [0.29, 0.717) is 19.0 Å². The number of nitrogens with one attached hydrogen (secondary N) is 2. The summed E-state index contributed by atoms with van der Waals surface area (Å²) >= 11 is 0. The second kappa shape index (κ2) is 8.26. The Kier molecular flexibility index (Phi) is 6.68. The third-order valence-electron chi connectivity index (χ3n) is 3.36. The minimum Gasteiger partial charge on any atom is -0.478 e. The SMILES string of the molecule is CC(C)C(CO)CNC(=O)NCc1ccc(C(=O)O)cc1. The van der Waals surface area contributed by atoms with Gasteiger partial charge in [0.2, 0.25) is 0 Å². The van der Waals surface area contributed by atoms with Crippen LogP contribution < -0.4 is 10.6 Å². The van der Waals surface area contributed by atoms with Gasteiger partial charge in [0, 0.05) is 25.6 Å². The summed E-state index contributed by atoms with van der Waals surface area (Å²) in [4.78, 5) is 22.3. The molecule has 0 spiro atoms. The number of hydrogen-bond acceptors (Lipinski definition) is 3. The summed E-state index contributed by atoms with van der Waals surface area (Å²) in [5.41, 5.74) is 1.03. The summed E-state index contributed by atoms with van der Waals surface area (Å²) in [7, 11) is 0. The Balaban J connectivity index is 2.37. The number of carboxylic acids is 1. The normalized spacial score (nSPS) is 12.0. The number of benzene rings is 1. The van der Waals surface area contributed by atoms with Crippen molar-refractivity contribution >= 4 is 12.0 Å². The number of hydrogen-bond donors (Lipinski definition) is 4. The van der Waals surface area contributed by atoms with Crippen LogP contribution in [0.2, 0.25) is 0 Å². The molecule has 0 aliphatic rings. The standard InChI is InChI=1S/C15H22N2O4/c1-10(2)13(9-18)8-17-15(21)16-7-11-3-5-12(6-4-11)14(19)20/h3-6,10,13,18H,7-9H2,1-2H3,(H,19,20)(H2,16,17,21). The fraction of sp³-hybridized carbons (Fsp3) is 0.467. The van der Waals surface area contributed by atoms with Gasteiger partial charge in [-0.3, -0.25) is 0 Å². The summed E-state index contributed by atoms with van der Waals surface area (Å²) in [6, 6.07) is 6.01. The van der Waals surface area contributed by atoms with Crippen LogP contribution in [-0.4, -0.2) is 35.4 Å².